The van der Waals surface area contributed by atoms with E-state index in [-0.39, 0.29) is 13.2 Å². The third kappa shape index (κ3) is 4.92. The summed E-state index contributed by atoms with van der Waals surface area (Å²) >= 11 is 0. The van der Waals surface area contributed by atoms with Crippen molar-refractivity contribution in [2.24, 2.45) is 0 Å². The van der Waals surface area contributed by atoms with E-state index in [4.69, 9.17) is 4.74 Å². The summed E-state index contributed by atoms with van der Waals surface area (Å²) < 4.78 is 7.54. The van der Waals surface area contributed by atoms with Gasteiger partial charge in [-0.1, -0.05) is 60.7 Å². The van der Waals surface area contributed by atoms with Gasteiger partial charge in [0.15, 0.2) is 0 Å². The van der Waals surface area contributed by atoms with E-state index in [0.717, 1.165) is 22.3 Å². The summed E-state index contributed by atoms with van der Waals surface area (Å²) in [5.41, 5.74) is 3.86. The number of rotatable bonds is 8. The molecule has 33 heavy (non-hydrogen) atoms. The molecule has 0 saturated heterocycles. The van der Waals surface area contributed by atoms with Crippen LogP contribution in [0.2, 0.25) is 0 Å². The molecule has 2 amide bonds. The number of hydrogen-bond donors (Lipinski definition) is 3. The number of carbonyl (C=O) groups is 2. The van der Waals surface area contributed by atoms with Gasteiger partial charge >= 0.3 is 0 Å². The topological polar surface area (TPSA) is 105 Å². The lowest BCUT2D eigenvalue weighted by Gasteiger charge is -2.26. The van der Waals surface area contributed by atoms with Gasteiger partial charge in [0.2, 0.25) is 5.60 Å². The third-order valence-corrected chi connectivity index (χ3v) is 5.40. The highest BCUT2D eigenvalue weighted by Crippen LogP contribution is 2.21. The molecule has 1 atom stereocenters. The van der Waals surface area contributed by atoms with Crippen molar-refractivity contribution in [3.05, 3.63) is 96.4 Å². The molecule has 4 rings (SSSR count). The highest BCUT2D eigenvalue weighted by Gasteiger charge is 2.42. The number of fused-ring (bicyclic) bond motifs is 1. The molecule has 1 unspecified atom stereocenters. The molecule has 0 fully saturated rings. The van der Waals surface area contributed by atoms with Crippen molar-refractivity contribution < 1.29 is 19.5 Å². The highest BCUT2D eigenvalue weighted by atomic mass is 16.5. The largest absolute Gasteiger partial charge is 0.351 e. The Balaban J connectivity index is 1.42. The van der Waals surface area contributed by atoms with Crippen molar-refractivity contribution in [2.45, 2.75) is 25.7 Å². The zero-order valence-electron chi connectivity index (χ0n) is 18.1. The van der Waals surface area contributed by atoms with Crippen LogP contribution >= 0.6 is 0 Å². The predicted octanol–water partition coefficient (Wildman–Crippen LogP) is 3.10. The molecule has 0 bridgehead atoms. The molecule has 3 N–H and O–H groups in total. The van der Waals surface area contributed by atoms with Crippen LogP contribution in [-0.2, 0) is 27.5 Å². The molecule has 0 saturated carbocycles. The van der Waals surface area contributed by atoms with Crippen LogP contribution in [0.4, 0.5) is 0 Å². The van der Waals surface area contributed by atoms with Gasteiger partial charge in [-0.2, -0.15) is 0 Å². The molecule has 168 valence electrons. The Morgan fingerprint density at radius 1 is 0.970 bits per heavy atom. The average molecular weight is 444 g/mol. The summed E-state index contributed by atoms with van der Waals surface area (Å²) in [6.07, 6.45) is 3.64. The average Bonchev–Trinajstić information content (AvgIpc) is 3.29. The fraction of sp³-hybridized carbons (Fsp3) is 0.160. The molecular weight excluding hydrogens is 420 g/mol. The van der Waals surface area contributed by atoms with E-state index < -0.39 is 17.4 Å². The number of nitrogens with zero attached hydrogens (tertiary/aromatic N) is 2. The number of imidazole rings is 1. The van der Waals surface area contributed by atoms with E-state index in [1.54, 1.807) is 6.20 Å². The van der Waals surface area contributed by atoms with Gasteiger partial charge in [-0.05, 0) is 35.7 Å². The van der Waals surface area contributed by atoms with E-state index in [1.807, 2.05) is 83.4 Å². The number of aromatic nitrogens is 2. The lowest BCUT2D eigenvalue weighted by molar-refractivity contribution is -0.166. The molecule has 8 nitrogen and oxygen atoms in total. The van der Waals surface area contributed by atoms with Gasteiger partial charge in [0.25, 0.3) is 11.8 Å². The van der Waals surface area contributed by atoms with E-state index >= 15 is 0 Å². The lowest BCUT2D eigenvalue weighted by Crippen LogP contribution is -2.56. The van der Waals surface area contributed by atoms with Crippen LogP contribution in [-0.4, -0.2) is 32.0 Å². The van der Waals surface area contributed by atoms with Crippen LogP contribution in [0.1, 0.15) is 18.2 Å². The first-order valence-electron chi connectivity index (χ1n) is 10.4. The van der Waals surface area contributed by atoms with E-state index in [1.165, 1.54) is 12.4 Å². The van der Waals surface area contributed by atoms with Crippen molar-refractivity contribution in [3.8, 4) is 11.1 Å². The first kappa shape index (κ1) is 22.2. The van der Waals surface area contributed by atoms with E-state index in [2.05, 4.69) is 10.3 Å². The van der Waals surface area contributed by atoms with Gasteiger partial charge in [-0.25, -0.2) is 10.5 Å². The maximum Gasteiger partial charge on any atom is 0.285 e. The highest BCUT2D eigenvalue weighted by molar-refractivity contribution is 6.07. The summed E-state index contributed by atoms with van der Waals surface area (Å²) in [5, 5.41) is 11.9. The van der Waals surface area contributed by atoms with Crippen molar-refractivity contribution in [3.63, 3.8) is 0 Å². The molecule has 2 heterocycles. The standard InChI is InChI=1S/C25H24N4O4/c1-25(24(31)28-32,23(30)26-15-21-16-29-14-6-5-9-22(29)27-21)33-17-18-10-12-20(13-11-18)19-7-3-2-4-8-19/h2-14,16,32H,15,17H2,1H3,(H,26,30)(H,28,31). The van der Waals surface area contributed by atoms with Gasteiger partial charge in [0, 0.05) is 12.4 Å². The lowest BCUT2D eigenvalue weighted by atomic mass is 10.0. The first-order valence-corrected chi connectivity index (χ1v) is 10.4. The normalized spacial score (nSPS) is 12.8. The SMILES string of the molecule is CC(OCc1ccc(-c2ccccc2)cc1)(C(=O)NO)C(=O)NCc1cn2ccccc2n1. The second kappa shape index (κ2) is 9.64. The van der Waals surface area contributed by atoms with Crippen molar-refractivity contribution in [2.75, 3.05) is 0 Å². The Morgan fingerprint density at radius 2 is 1.67 bits per heavy atom. The van der Waals surface area contributed by atoms with Crippen LogP contribution in [0.5, 0.6) is 0 Å². The smallest absolute Gasteiger partial charge is 0.285 e. The van der Waals surface area contributed by atoms with E-state index in [0.29, 0.717) is 5.69 Å². The fourth-order valence-electron chi connectivity index (χ4n) is 3.40. The molecule has 0 aliphatic rings. The summed E-state index contributed by atoms with van der Waals surface area (Å²) in [7, 11) is 0. The van der Waals surface area contributed by atoms with Crippen molar-refractivity contribution >= 4 is 17.5 Å². The molecule has 0 spiro atoms. The number of amides is 2. The van der Waals surface area contributed by atoms with Crippen LogP contribution in [0.3, 0.4) is 0 Å². The summed E-state index contributed by atoms with van der Waals surface area (Å²) in [6, 6.07) is 23.1. The Labute approximate surface area is 190 Å². The monoisotopic (exact) mass is 444 g/mol. The van der Waals surface area contributed by atoms with Gasteiger partial charge in [-0.3, -0.25) is 14.8 Å². The Bertz CT molecular complexity index is 1220. The number of hydroxylamine groups is 1. The van der Waals surface area contributed by atoms with Crippen LogP contribution in [0, 0.1) is 0 Å². The van der Waals surface area contributed by atoms with Gasteiger partial charge in [0.05, 0.1) is 18.8 Å². The molecule has 2 aromatic heterocycles. The minimum absolute atomic E-state index is 0.000768. The predicted molar refractivity (Wildman–Crippen MR) is 122 cm³/mol. The molecule has 8 heteroatoms. The molecule has 4 aromatic rings. The molecular formula is C25H24N4O4. The number of ether oxygens (including phenoxy) is 1. The summed E-state index contributed by atoms with van der Waals surface area (Å²) in [5.74, 6) is -1.65. The van der Waals surface area contributed by atoms with Gasteiger partial charge < -0.3 is 14.5 Å². The zero-order chi connectivity index (χ0) is 23.3. The number of nitrogens with one attached hydrogen (secondary N) is 2. The number of carbonyl (C=O) groups excluding carboxylic acids is 2. The molecule has 0 radical (unpaired) electrons. The van der Waals surface area contributed by atoms with Gasteiger partial charge in [0.1, 0.15) is 5.65 Å². The van der Waals surface area contributed by atoms with E-state index in [9.17, 15) is 14.8 Å². The minimum atomic E-state index is -1.94. The van der Waals surface area contributed by atoms with Crippen LogP contribution < -0.4 is 10.8 Å². The molecule has 2 aromatic carbocycles. The van der Waals surface area contributed by atoms with Crippen molar-refractivity contribution in [1.82, 2.24) is 20.2 Å². The zero-order valence-corrected chi connectivity index (χ0v) is 18.1. The van der Waals surface area contributed by atoms with Crippen molar-refractivity contribution in [1.29, 1.82) is 0 Å². The molecule has 0 aliphatic carbocycles. The second-order valence-electron chi connectivity index (χ2n) is 7.71. The number of pyridine rings is 1. The molecule has 0 aliphatic heterocycles. The van der Waals surface area contributed by atoms with Gasteiger partial charge in [-0.15, -0.1) is 0 Å². The summed E-state index contributed by atoms with van der Waals surface area (Å²) in [4.78, 5) is 29.6. The number of benzene rings is 2. The fourth-order valence-corrected chi connectivity index (χ4v) is 3.40. The Morgan fingerprint density at radius 3 is 2.36 bits per heavy atom. The second-order valence-corrected chi connectivity index (χ2v) is 7.71. The quantitative estimate of drug-likeness (QED) is 0.220. The minimum Gasteiger partial charge on any atom is -0.351 e. The maximum atomic E-state index is 12.9. The maximum absolute atomic E-state index is 12.9. The first-order chi connectivity index (χ1) is 16.0. The Hall–Kier alpha value is -4.01. The Kier molecular flexibility index (Phi) is 6.48. The summed E-state index contributed by atoms with van der Waals surface area (Å²) in [6.45, 7) is 1.42. The van der Waals surface area contributed by atoms with Crippen LogP contribution in [0.15, 0.2) is 85.2 Å². The van der Waals surface area contributed by atoms with Crippen LogP contribution in [0.25, 0.3) is 16.8 Å². The third-order valence-electron chi connectivity index (χ3n) is 5.40. The number of hydrogen-bond acceptors (Lipinski definition) is 5.